The molecule has 21 heavy (non-hydrogen) atoms. The number of carbonyl (C=O) groups is 3. The van der Waals surface area contributed by atoms with Gasteiger partial charge in [-0.3, -0.25) is 9.59 Å². The molecular formula is C14H18N2O4S. The van der Waals surface area contributed by atoms with E-state index in [2.05, 4.69) is 10.6 Å². The number of carboxylic acid groups (broad SMARTS) is 1. The number of aryl methyl sites for hydroxylation is 1. The first kappa shape index (κ1) is 17.0. The first-order chi connectivity index (χ1) is 10.1. The number of nitrogens with one attached hydrogen (secondary N) is 2. The van der Waals surface area contributed by atoms with E-state index in [0.717, 1.165) is 29.4 Å². The van der Waals surface area contributed by atoms with Gasteiger partial charge >= 0.3 is 5.97 Å². The number of amides is 2. The maximum Gasteiger partial charge on any atom is 0.327 e. The largest absolute Gasteiger partial charge is 0.480 e. The van der Waals surface area contributed by atoms with Crippen LogP contribution in [-0.4, -0.2) is 40.9 Å². The summed E-state index contributed by atoms with van der Waals surface area (Å²) in [6.45, 7) is 2.03. The Balaban J connectivity index is 2.39. The molecule has 1 aromatic rings. The molecule has 0 aliphatic carbocycles. The van der Waals surface area contributed by atoms with E-state index in [4.69, 9.17) is 5.11 Å². The number of hydrogen-bond donors (Lipinski definition) is 3. The minimum Gasteiger partial charge on any atom is -0.480 e. The number of carboxylic acids is 1. The molecule has 0 fully saturated rings. The number of thioether (sulfide) groups is 1. The zero-order valence-electron chi connectivity index (χ0n) is 11.7. The minimum atomic E-state index is -1.12. The molecule has 0 aliphatic heterocycles. The summed E-state index contributed by atoms with van der Waals surface area (Å²) in [6, 6.07) is 6.57. The molecule has 7 heteroatoms. The Morgan fingerprint density at radius 1 is 1.43 bits per heavy atom. The fourth-order valence-corrected chi connectivity index (χ4v) is 2.46. The van der Waals surface area contributed by atoms with E-state index < -0.39 is 12.0 Å². The zero-order valence-corrected chi connectivity index (χ0v) is 12.5. The van der Waals surface area contributed by atoms with Crippen LogP contribution in [0.2, 0.25) is 0 Å². The summed E-state index contributed by atoms with van der Waals surface area (Å²) in [4.78, 5) is 32.8. The average Bonchev–Trinajstić information content (AvgIpc) is 2.46. The lowest BCUT2D eigenvalue weighted by Crippen LogP contribution is -2.38. The lowest BCUT2D eigenvalue weighted by atomic mass is 10.1. The molecule has 0 saturated heterocycles. The van der Waals surface area contributed by atoms with Gasteiger partial charge in [0.05, 0.1) is 5.75 Å². The highest BCUT2D eigenvalue weighted by Crippen LogP contribution is 2.12. The maximum absolute atomic E-state index is 11.8. The van der Waals surface area contributed by atoms with Crippen LogP contribution in [-0.2, 0) is 20.8 Å². The molecule has 0 spiro atoms. The molecule has 114 valence electrons. The lowest BCUT2D eigenvalue weighted by Gasteiger charge is -2.10. The second-order valence-electron chi connectivity index (χ2n) is 4.29. The van der Waals surface area contributed by atoms with E-state index in [0.29, 0.717) is 6.41 Å². The van der Waals surface area contributed by atoms with Crippen molar-refractivity contribution in [3.05, 3.63) is 29.8 Å². The van der Waals surface area contributed by atoms with Gasteiger partial charge in [0.15, 0.2) is 0 Å². The average molecular weight is 310 g/mol. The van der Waals surface area contributed by atoms with Crippen molar-refractivity contribution in [3.8, 4) is 0 Å². The number of aliphatic carboxylic acids is 1. The molecule has 1 unspecified atom stereocenters. The number of anilines is 1. The Bertz CT molecular complexity index is 508. The van der Waals surface area contributed by atoms with Gasteiger partial charge in [0.2, 0.25) is 12.3 Å². The molecule has 0 saturated carbocycles. The molecule has 0 radical (unpaired) electrons. The normalized spacial score (nSPS) is 11.5. The summed E-state index contributed by atoms with van der Waals surface area (Å²) in [5, 5.41) is 13.8. The van der Waals surface area contributed by atoms with Crippen molar-refractivity contribution in [1.82, 2.24) is 5.32 Å². The SMILES string of the molecule is CCc1cccc(NC(=O)CSCC(NC=O)C(=O)O)c1. The van der Waals surface area contributed by atoms with Crippen molar-refractivity contribution < 1.29 is 19.5 Å². The van der Waals surface area contributed by atoms with Crippen LogP contribution in [0.5, 0.6) is 0 Å². The van der Waals surface area contributed by atoms with Crippen molar-refractivity contribution in [2.24, 2.45) is 0 Å². The van der Waals surface area contributed by atoms with E-state index in [1.807, 2.05) is 25.1 Å². The second kappa shape index (κ2) is 9.02. The van der Waals surface area contributed by atoms with E-state index in [9.17, 15) is 14.4 Å². The Morgan fingerprint density at radius 3 is 2.81 bits per heavy atom. The fourth-order valence-electron chi connectivity index (χ4n) is 1.61. The predicted octanol–water partition coefficient (Wildman–Crippen LogP) is 1.12. The third-order valence-electron chi connectivity index (χ3n) is 2.70. The number of hydrogen-bond acceptors (Lipinski definition) is 4. The summed E-state index contributed by atoms with van der Waals surface area (Å²) in [6.07, 6.45) is 1.23. The van der Waals surface area contributed by atoms with E-state index in [1.54, 1.807) is 6.07 Å². The Labute approximate surface area is 127 Å². The van der Waals surface area contributed by atoms with Crippen molar-refractivity contribution in [3.63, 3.8) is 0 Å². The van der Waals surface area contributed by atoms with Crippen LogP contribution in [0, 0.1) is 0 Å². The Hall–Kier alpha value is -2.02. The first-order valence-electron chi connectivity index (χ1n) is 6.45. The topological polar surface area (TPSA) is 95.5 Å². The molecule has 3 N–H and O–H groups in total. The number of rotatable bonds is 9. The van der Waals surface area contributed by atoms with Gasteiger partial charge in [0, 0.05) is 11.4 Å². The second-order valence-corrected chi connectivity index (χ2v) is 5.32. The van der Waals surface area contributed by atoms with E-state index >= 15 is 0 Å². The highest BCUT2D eigenvalue weighted by atomic mass is 32.2. The standard InChI is InChI=1S/C14H18N2O4S/c1-2-10-4-3-5-11(6-10)16-13(18)8-21-7-12(14(19)20)15-9-17/h3-6,9,12H,2,7-8H2,1H3,(H,15,17)(H,16,18)(H,19,20). The molecule has 0 heterocycles. The first-order valence-corrected chi connectivity index (χ1v) is 7.61. The summed E-state index contributed by atoms with van der Waals surface area (Å²) in [7, 11) is 0. The highest BCUT2D eigenvalue weighted by Gasteiger charge is 2.16. The fraction of sp³-hybridized carbons (Fsp3) is 0.357. The molecular weight excluding hydrogens is 292 g/mol. The number of carbonyl (C=O) groups excluding carboxylic acids is 2. The molecule has 1 rings (SSSR count). The van der Waals surface area contributed by atoms with Gasteiger partial charge in [-0.2, -0.15) is 0 Å². The summed E-state index contributed by atoms with van der Waals surface area (Å²) in [5.74, 6) is -1.06. The van der Waals surface area contributed by atoms with Crippen molar-refractivity contribution in [2.45, 2.75) is 19.4 Å². The summed E-state index contributed by atoms with van der Waals surface area (Å²) in [5.41, 5.74) is 1.85. The van der Waals surface area contributed by atoms with Crippen LogP contribution in [0.3, 0.4) is 0 Å². The number of benzene rings is 1. The van der Waals surface area contributed by atoms with Gasteiger partial charge in [0.1, 0.15) is 6.04 Å². The smallest absolute Gasteiger partial charge is 0.327 e. The summed E-state index contributed by atoms with van der Waals surface area (Å²) < 4.78 is 0. The Kier molecular flexibility index (Phi) is 7.31. The molecule has 1 aromatic carbocycles. The third-order valence-corrected chi connectivity index (χ3v) is 3.74. The zero-order chi connectivity index (χ0) is 15.7. The van der Waals surface area contributed by atoms with Crippen LogP contribution >= 0.6 is 11.8 Å². The molecule has 1 atom stereocenters. The van der Waals surface area contributed by atoms with Gasteiger partial charge in [-0.15, -0.1) is 11.8 Å². The molecule has 0 bridgehead atoms. The Morgan fingerprint density at radius 2 is 2.19 bits per heavy atom. The van der Waals surface area contributed by atoms with Crippen LogP contribution < -0.4 is 10.6 Å². The van der Waals surface area contributed by atoms with Crippen molar-refractivity contribution >= 4 is 35.7 Å². The highest BCUT2D eigenvalue weighted by molar-refractivity contribution is 8.00. The molecule has 6 nitrogen and oxygen atoms in total. The van der Waals surface area contributed by atoms with Gasteiger partial charge in [-0.25, -0.2) is 4.79 Å². The molecule has 0 aromatic heterocycles. The van der Waals surface area contributed by atoms with E-state index in [1.165, 1.54) is 0 Å². The van der Waals surface area contributed by atoms with Crippen molar-refractivity contribution in [1.29, 1.82) is 0 Å². The van der Waals surface area contributed by atoms with Crippen LogP contribution in [0.15, 0.2) is 24.3 Å². The van der Waals surface area contributed by atoms with Gasteiger partial charge < -0.3 is 15.7 Å². The predicted molar refractivity (Wildman–Crippen MR) is 82.4 cm³/mol. The molecule has 0 aliphatic rings. The van der Waals surface area contributed by atoms with Crippen LogP contribution in [0.1, 0.15) is 12.5 Å². The van der Waals surface area contributed by atoms with E-state index in [-0.39, 0.29) is 17.4 Å². The quantitative estimate of drug-likeness (QED) is 0.594. The van der Waals surface area contributed by atoms with Gasteiger partial charge in [-0.05, 0) is 24.1 Å². The molecule has 2 amide bonds. The summed E-state index contributed by atoms with van der Waals surface area (Å²) >= 11 is 1.15. The van der Waals surface area contributed by atoms with Crippen LogP contribution in [0.25, 0.3) is 0 Å². The van der Waals surface area contributed by atoms with Gasteiger partial charge in [0.25, 0.3) is 0 Å². The lowest BCUT2D eigenvalue weighted by molar-refractivity contribution is -0.139. The van der Waals surface area contributed by atoms with Crippen molar-refractivity contribution in [2.75, 3.05) is 16.8 Å². The monoisotopic (exact) mass is 310 g/mol. The van der Waals surface area contributed by atoms with Crippen LogP contribution in [0.4, 0.5) is 5.69 Å². The minimum absolute atomic E-state index is 0.126. The third kappa shape index (κ3) is 6.31. The maximum atomic E-state index is 11.8. The van der Waals surface area contributed by atoms with Gasteiger partial charge in [-0.1, -0.05) is 19.1 Å².